The summed E-state index contributed by atoms with van der Waals surface area (Å²) in [6, 6.07) is 16.3. The summed E-state index contributed by atoms with van der Waals surface area (Å²) in [7, 11) is 0. The molecule has 3 amide bonds. The van der Waals surface area contributed by atoms with Crippen molar-refractivity contribution in [3.63, 3.8) is 0 Å². The summed E-state index contributed by atoms with van der Waals surface area (Å²) < 4.78 is 12.2. The van der Waals surface area contributed by atoms with Crippen molar-refractivity contribution in [1.82, 2.24) is 10.6 Å². The SMILES string of the molecule is CCOc1cccc2c1OC1(C)CC2NC(=O)N1c1cccc(C(=O)NCc2cccs2)c1. The number of para-hydroxylation sites is 1. The molecule has 0 saturated carbocycles. The molecule has 0 radical (unpaired) electrons. The molecule has 3 aromatic rings. The fourth-order valence-electron chi connectivity index (χ4n) is 4.49. The Labute approximate surface area is 196 Å². The topological polar surface area (TPSA) is 79.9 Å². The molecular weight excluding hydrogens is 438 g/mol. The number of ether oxygens (including phenoxy) is 2. The van der Waals surface area contributed by atoms with Gasteiger partial charge in [-0.2, -0.15) is 0 Å². The third kappa shape index (κ3) is 3.91. The third-order valence-electron chi connectivity index (χ3n) is 5.93. The lowest BCUT2D eigenvalue weighted by atomic mass is 9.89. The number of anilines is 1. The van der Waals surface area contributed by atoms with Crippen LogP contribution in [0.4, 0.5) is 10.5 Å². The number of hydrogen-bond acceptors (Lipinski definition) is 5. The lowest BCUT2D eigenvalue weighted by Crippen LogP contribution is -2.65. The van der Waals surface area contributed by atoms with Crippen molar-refractivity contribution in [2.45, 2.75) is 38.6 Å². The molecule has 1 fully saturated rings. The van der Waals surface area contributed by atoms with E-state index in [9.17, 15) is 9.59 Å². The molecule has 2 unspecified atom stereocenters. The Hall–Kier alpha value is -3.52. The average Bonchev–Trinajstić information content (AvgIpc) is 3.32. The van der Waals surface area contributed by atoms with Crippen molar-refractivity contribution in [3.8, 4) is 11.5 Å². The highest BCUT2D eigenvalue weighted by molar-refractivity contribution is 7.09. The zero-order valence-corrected chi connectivity index (χ0v) is 19.3. The van der Waals surface area contributed by atoms with Crippen LogP contribution in [0.3, 0.4) is 0 Å². The Kier molecular flexibility index (Phi) is 5.46. The van der Waals surface area contributed by atoms with Gasteiger partial charge >= 0.3 is 6.03 Å². The van der Waals surface area contributed by atoms with Crippen molar-refractivity contribution in [2.24, 2.45) is 0 Å². The molecule has 2 aliphatic heterocycles. The summed E-state index contributed by atoms with van der Waals surface area (Å²) >= 11 is 1.59. The molecule has 0 aliphatic carbocycles. The van der Waals surface area contributed by atoms with Crippen LogP contribution in [0.1, 0.15) is 47.1 Å². The van der Waals surface area contributed by atoms with Gasteiger partial charge in [-0.1, -0.05) is 24.3 Å². The van der Waals surface area contributed by atoms with Crippen LogP contribution < -0.4 is 25.0 Å². The van der Waals surface area contributed by atoms with E-state index in [1.807, 2.05) is 55.6 Å². The monoisotopic (exact) mass is 463 g/mol. The van der Waals surface area contributed by atoms with Crippen LogP contribution in [-0.4, -0.2) is 24.3 Å². The smallest absolute Gasteiger partial charge is 0.325 e. The number of urea groups is 1. The Morgan fingerprint density at radius 2 is 2.12 bits per heavy atom. The van der Waals surface area contributed by atoms with Crippen LogP contribution in [-0.2, 0) is 6.54 Å². The lowest BCUT2D eigenvalue weighted by Gasteiger charge is -2.50. The first-order valence-electron chi connectivity index (χ1n) is 10.9. The first-order chi connectivity index (χ1) is 16.0. The maximum absolute atomic E-state index is 13.2. The molecule has 1 aromatic heterocycles. The largest absolute Gasteiger partial charge is 0.490 e. The zero-order valence-electron chi connectivity index (χ0n) is 18.5. The van der Waals surface area contributed by atoms with Gasteiger partial charge in [0.1, 0.15) is 0 Å². The first kappa shape index (κ1) is 21.3. The Balaban J connectivity index is 1.44. The molecule has 2 aromatic carbocycles. The van der Waals surface area contributed by atoms with Gasteiger partial charge in [-0.15, -0.1) is 11.3 Å². The van der Waals surface area contributed by atoms with E-state index in [4.69, 9.17) is 9.47 Å². The number of carbonyl (C=O) groups is 2. The van der Waals surface area contributed by atoms with E-state index in [0.717, 1.165) is 10.4 Å². The minimum absolute atomic E-state index is 0.180. The van der Waals surface area contributed by atoms with E-state index in [-0.39, 0.29) is 18.0 Å². The zero-order chi connectivity index (χ0) is 23.0. The molecule has 1 saturated heterocycles. The molecule has 5 rings (SSSR count). The summed E-state index contributed by atoms with van der Waals surface area (Å²) in [5, 5.41) is 8.00. The molecular formula is C25H25N3O4S. The van der Waals surface area contributed by atoms with Gasteiger partial charge in [0.15, 0.2) is 17.2 Å². The van der Waals surface area contributed by atoms with Gasteiger partial charge in [0.2, 0.25) is 0 Å². The molecule has 8 heteroatoms. The summed E-state index contributed by atoms with van der Waals surface area (Å²) in [4.78, 5) is 28.6. The number of amides is 3. The van der Waals surface area contributed by atoms with Gasteiger partial charge in [0.25, 0.3) is 5.91 Å². The number of benzene rings is 2. The molecule has 2 aliphatic rings. The fourth-order valence-corrected chi connectivity index (χ4v) is 5.13. The first-order valence-corrected chi connectivity index (χ1v) is 11.8. The second-order valence-electron chi connectivity index (χ2n) is 8.24. The second kappa shape index (κ2) is 8.44. The minimum Gasteiger partial charge on any atom is -0.490 e. The number of fused-ring (bicyclic) bond motifs is 4. The molecule has 170 valence electrons. The average molecular weight is 464 g/mol. The summed E-state index contributed by atoms with van der Waals surface area (Å²) in [5.74, 6) is 1.11. The number of carbonyl (C=O) groups excluding carboxylic acids is 2. The van der Waals surface area contributed by atoms with E-state index in [0.29, 0.717) is 42.3 Å². The van der Waals surface area contributed by atoms with Gasteiger partial charge in [-0.25, -0.2) is 4.79 Å². The maximum Gasteiger partial charge on any atom is 0.325 e. The van der Waals surface area contributed by atoms with Crippen LogP contribution in [0.5, 0.6) is 11.5 Å². The molecule has 2 bridgehead atoms. The van der Waals surface area contributed by atoms with E-state index in [2.05, 4.69) is 10.6 Å². The molecule has 0 spiro atoms. The van der Waals surface area contributed by atoms with Crippen molar-refractivity contribution in [2.75, 3.05) is 11.5 Å². The predicted molar refractivity (Wildman–Crippen MR) is 127 cm³/mol. The van der Waals surface area contributed by atoms with Crippen LogP contribution in [0.15, 0.2) is 60.0 Å². The fraction of sp³-hybridized carbons (Fsp3) is 0.280. The number of hydrogen-bond donors (Lipinski definition) is 2. The predicted octanol–water partition coefficient (Wildman–Crippen LogP) is 4.85. The van der Waals surface area contributed by atoms with E-state index < -0.39 is 5.72 Å². The Bertz CT molecular complexity index is 1200. The van der Waals surface area contributed by atoms with E-state index >= 15 is 0 Å². The molecule has 3 heterocycles. The van der Waals surface area contributed by atoms with Crippen molar-refractivity contribution in [3.05, 3.63) is 76.0 Å². The van der Waals surface area contributed by atoms with Crippen LogP contribution in [0, 0.1) is 0 Å². The Morgan fingerprint density at radius 3 is 2.91 bits per heavy atom. The third-order valence-corrected chi connectivity index (χ3v) is 6.81. The molecule has 33 heavy (non-hydrogen) atoms. The number of nitrogens with zero attached hydrogens (tertiary/aromatic N) is 1. The van der Waals surface area contributed by atoms with Crippen molar-refractivity contribution in [1.29, 1.82) is 0 Å². The van der Waals surface area contributed by atoms with Crippen molar-refractivity contribution < 1.29 is 19.1 Å². The molecule has 2 atom stereocenters. The summed E-state index contributed by atoms with van der Waals surface area (Å²) in [6.07, 6.45) is 0.566. The lowest BCUT2D eigenvalue weighted by molar-refractivity contribution is 0.0343. The van der Waals surface area contributed by atoms with Gasteiger partial charge in [0, 0.05) is 22.4 Å². The van der Waals surface area contributed by atoms with Crippen LogP contribution in [0.2, 0.25) is 0 Å². The van der Waals surface area contributed by atoms with Crippen LogP contribution in [0.25, 0.3) is 0 Å². The quantitative estimate of drug-likeness (QED) is 0.548. The maximum atomic E-state index is 13.2. The molecule has 2 N–H and O–H groups in total. The Morgan fingerprint density at radius 1 is 1.27 bits per heavy atom. The van der Waals surface area contributed by atoms with Gasteiger partial charge in [0.05, 0.1) is 24.9 Å². The van der Waals surface area contributed by atoms with Crippen LogP contribution >= 0.6 is 11.3 Å². The van der Waals surface area contributed by atoms with Gasteiger partial charge < -0.3 is 20.1 Å². The highest BCUT2D eigenvalue weighted by Gasteiger charge is 2.50. The minimum atomic E-state index is -0.931. The standard InChI is InChI=1S/C25H25N3O4S/c1-3-31-21-11-5-10-19-20-14-25(2,32-22(19)21)28(24(30)27-20)17-8-4-7-16(13-17)23(29)26-15-18-9-6-12-33-18/h4-13,20H,3,14-15H2,1-2H3,(H,26,29)(H,27,30). The van der Waals surface area contributed by atoms with Crippen molar-refractivity contribution >= 4 is 29.0 Å². The number of thiophene rings is 1. The normalized spacial score (nSPS) is 21.0. The van der Waals surface area contributed by atoms with E-state index in [1.165, 1.54) is 0 Å². The van der Waals surface area contributed by atoms with E-state index in [1.54, 1.807) is 34.4 Å². The highest BCUT2D eigenvalue weighted by atomic mass is 32.1. The number of nitrogens with one attached hydrogen (secondary N) is 2. The molecule has 7 nitrogen and oxygen atoms in total. The second-order valence-corrected chi connectivity index (χ2v) is 9.27. The van der Waals surface area contributed by atoms with Gasteiger partial charge in [-0.05, 0) is 49.6 Å². The van der Waals surface area contributed by atoms with Gasteiger partial charge in [-0.3, -0.25) is 9.69 Å². The number of rotatable bonds is 6. The summed E-state index contributed by atoms with van der Waals surface area (Å²) in [5.41, 5.74) is 1.05. The highest BCUT2D eigenvalue weighted by Crippen LogP contribution is 2.49. The summed E-state index contributed by atoms with van der Waals surface area (Å²) in [6.45, 7) is 4.80.